The first-order chi connectivity index (χ1) is 10.9. The van der Waals surface area contributed by atoms with E-state index < -0.39 is 11.7 Å². The molecule has 0 atom stereocenters. The van der Waals surface area contributed by atoms with Crippen molar-refractivity contribution in [2.24, 2.45) is 0 Å². The van der Waals surface area contributed by atoms with Crippen molar-refractivity contribution in [3.8, 4) is 0 Å². The highest BCUT2D eigenvalue weighted by Crippen LogP contribution is 2.30. The first-order valence-corrected chi connectivity index (χ1v) is 7.04. The summed E-state index contributed by atoms with van der Waals surface area (Å²) in [5.74, 6) is -0.245. The first kappa shape index (κ1) is 16.8. The number of Topliss-reactive ketones (excluding diaryl/α,β-unsaturated/α-hetero) is 1. The fourth-order valence-electron chi connectivity index (χ4n) is 2.23. The molecule has 0 bridgehead atoms. The number of ketones is 1. The van der Waals surface area contributed by atoms with Crippen molar-refractivity contribution in [3.05, 3.63) is 77.5 Å². The van der Waals surface area contributed by atoms with E-state index in [0.29, 0.717) is 11.1 Å². The lowest BCUT2D eigenvalue weighted by atomic mass is 9.97. The first-order valence-electron chi connectivity index (χ1n) is 7.04. The van der Waals surface area contributed by atoms with Crippen LogP contribution in [0.3, 0.4) is 0 Å². The normalized spacial score (nSPS) is 12.1. The molecule has 1 N–H and O–H groups in total. The van der Waals surface area contributed by atoms with E-state index in [9.17, 15) is 18.0 Å². The van der Waals surface area contributed by atoms with Crippen LogP contribution in [0, 0.1) is 0 Å². The van der Waals surface area contributed by atoms with Crippen molar-refractivity contribution >= 4 is 11.4 Å². The van der Waals surface area contributed by atoms with E-state index in [1.807, 2.05) is 6.07 Å². The maximum Gasteiger partial charge on any atom is 0.416 e. The summed E-state index contributed by atoms with van der Waals surface area (Å²) in [6.45, 7) is 0. The lowest BCUT2D eigenvalue weighted by Crippen LogP contribution is -2.10. The van der Waals surface area contributed by atoms with Crippen molar-refractivity contribution in [2.45, 2.75) is 12.6 Å². The highest BCUT2D eigenvalue weighted by molar-refractivity contribution is 6.21. The summed E-state index contributed by atoms with van der Waals surface area (Å²) in [5, 5.41) is 2.81. The molecule has 0 saturated carbocycles. The van der Waals surface area contributed by atoms with E-state index in [1.54, 1.807) is 37.5 Å². The van der Waals surface area contributed by atoms with Crippen LogP contribution in [0.5, 0.6) is 0 Å². The number of alkyl halides is 3. The number of halogens is 3. The minimum atomic E-state index is -4.41. The molecule has 0 radical (unpaired) electrons. The number of hydrogen-bond donors (Lipinski definition) is 1. The quantitative estimate of drug-likeness (QED) is 0.842. The van der Waals surface area contributed by atoms with Gasteiger partial charge in [-0.15, -0.1) is 0 Å². The molecule has 0 amide bonds. The summed E-state index contributed by atoms with van der Waals surface area (Å²) in [6, 6.07) is 13.9. The third-order valence-electron chi connectivity index (χ3n) is 3.29. The van der Waals surface area contributed by atoms with Gasteiger partial charge in [-0.3, -0.25) is 4.79 Å². The van der Waals surface area contributed by atoms with Gasteiger partial charge in [0.25, 0.3) is 0 Å². The maximum absolute atomic E-state index is 12.7. The molecule has 2 rings (SSSR count). The summed E-state index contributed by atoms with van der Waals surface area (Å²) < 4.78 is 38.2. The van der Waals surface area contributed by atoms with Gasteiger partial charge in [-0.2, -0.15) is 13.2 Å². The second kappa shape index (κ2) is 7.13. The van der Waals surface area contributed by atoms with Crippen LogP contribution >= 0.6 is 0 Å². The number of carbonyl (C=O) groups excluding carboxylic acids is 1. The molecule has 0 saturated heterocycles. The third-order valence-corrected chi connectivity index (χ3v) is 3.29. The average Bonchev–Trinajstić information content (AvgIpc) is 2.53. The van der Waals surface area contributed by atoms with Gasteiger partial charge in [-0.05, 0) is 17.2 Å². The molecular formula is C18H16F3NO. The van der Waals surface area contributed by atoms with E-state index in [1.165, 1.54) is 12.1 Å². The van der Waals surface area contributed by atoms with Crippen LogP contribution in [0.2, 0.25) is 0 Å². The Balaban J connectivity index is 2.25. The summed E-state index contributed by atoms with van der Waals surface area (Å²) in [5.41, 5.74) is 0.744. The highest BCUT2D eigenvalue weighted by atomic mass is 19.4. The Morgan fingerprint density at radius 1 is 1.09 bits per heavy atom. The van der Waals surface area contributed by atoms with Gasteiger partial charge in [0.05, 0.1) is 5.56 Å². The molecule has 0 spiro atoms. The van der Waals surface area contributed by atoms with Crippen molar-refractivity contribution in [1.82, 2.24) is 5.32 Å². The van der Waals surface area contributed by atoms with Gasteiger partial charge < -0.3 is 5.32 Å². The van der Waals surface area contributed by atoms with Gasteiger partial charge in [0, 0.05) is 25.2 Å². The Bertz CT molecular complexity index is 706. The van der Waals surface area contributed by atoms with Crippen LogP contribution in [-0.2, 0) is 17.4 Å². The van der Waals surface area contributed by atoms with Crippen molar-refractivity contribution in [2.75, 3.05) is 7.05 Å². The minimum Gasteiger partial charge on any atom is -0.393 e. The second-order valence-electron chi connectivity index (χ2n) is 5.01. The molecule has 0 aliphatic carbocycles. The maximum atomic E-state index is 12.7. The smallest absolute Gasteiger partial charge is 0.393 e. The van der Waals surface area contributed by atoms with Gasteiger partial charge >= 0.3 is 6.18 Å². The molecule has 0 aliphatic rings. The Hall–Kier alpha value is -2.56. The molecule has 5 heteroatoms. The SMILES string of the molecule is CNC=C(C(=O)Cc1cccc(C(F)(F)F)c1)c1ccccc1. The minimum absolute atomic E-state index is 0.0909. The lowest BCUT2D eigenvalue weighted by Gasteiger charge is -2.10. The zero-order chi connectivity index (χ0) is 16.9. The zero-order valence-corrected chi connectivity index (χ0v) is 12.5. The molecule has 0 fully saturated rings. The fourth-order valence-corrected chi connectivity index (χ4v) is 2.23. The molecule has 0 aliphatic heterocycles. The van der Waals surface area contributed by atoms with Gasteiger partial charge in [-0.1, -0.05) is 48.5 Å². The van der Waals surface area contributed by atoms with Gasteiger partial charge in [0.2, 0.25) is 0 Å². The molecule has 2 aromatic carbocycles. The summed E-state index contributed by atoms with van der Waals surface area (Å²) in [4.78, 5) is 12.5. The Kier molecular flexibility index (Phi) is 5.21. The van der Waals surface area contributed by atoms with E-state index in [2.05, 4.69) is 5.32 Å². The number of carbonyl (C=O) groups is 1. The topological polar surface area (TPSA) is 29.1 Å². The van der Waals surface area contributed by atoms with Crippen LogP contribution in [0.4, 0.5) is 13.2 Å². The average molecular weight is 319 g/mol. The molecule has 2 nitrogen and oxygen atoms in total. The number of benzene rings is 2. The predicted octanol–water partition coefficient (Wildman–Crippen LogP) is 4.08. The van der Waals surface area contributed by atoms with E-state index in [4.69, 9.17) is 0 Å². The lowest BCUT2D eigenvalue weighted by molar-refractivity contribution is -0.137. The van der Waals surface area contributed by atoms with Crippen molar-refractivity contribution in [3.63, 3.8) is 0 Å². The number of rotatable bonds is 5. The van der Waals surface area contributed by atoms with E-state index in [0.717, 1.165) is 17.7 Å². The third kappa shape index (κ3) is 4.45. The van der Waals surface area contributed by atoms with Crippen molar-refractivity contribution in [1.29, 1.82) is 0 Å². The van der Waals surface area contributed by atoms with Crippen molar-refractivity contribution < 1.29 is 18.0 Å². The molecule has 120 valence electrons. The number of nitrogens with one attached hydrogen (secondary N) is 1. The standard InChI is InChI=1S/C18H16F3NO/c1-22-12-16(14-7-3-2-4-8-14)17(23)11-13-6-5-9-15(10-13)18(19,20)21/h2-10,12,22H,11H2,1H3. The van der Waals surface area contributed by atoms with Crippen LogP contribution in [0.1, 0.15) is 16.7 Å². The number of allylic oxidation sites excluding steroid dienone is 1. The second-order valence-corrected chi connectivity index (χ2v) is 5.01. The van der Waals surface area contributed by atoms with Gasteiger partial charge in [-0.25, -0.2) is 0 Å². The summed E-state index contributed by atoms with van der Waals surface area (Å²) >= 11 is 0. The molecule has 0 unspecified atom stereocenters. The monoisotopic (exact) mass is 319 g/mol. The molecule has 2 aromatic rings. The van der Waals surface area contributed by atoms with Crippen LogP contribution in [0.25, 0.3) is 5.57 Å². The Labute approximate surface area is 132 Å². The highest BCUT2D eigenvalue weighted by Gasteiger charge is 2.30. The molecule has 0 heterocycles. The van der Waals surface area contributed by atoms with E-state index in [-0.39, 0.29) is 12.2 Å². The molecule has 23 heavy (non-hydrogen) atoms. The molecule has 0 aromatic heterocycles. The number of hydrogen-bond acceptors (Lipinski definition) is 2. The van der Waals surface area contributed by atoms with Crippen LogP contribution in [0.15, 0.2) is 60.8 Å². The zero-order valence-electron chi connectivity index (χ0n) is 12.5. The fraction of sp³-hybridized carbons (Fsp3) is 0.167. The largest absolute Gasteiger partial charge is 0.416 e. The van der Waals surface area contributed by atoms with E-state index >= 15 is 0 Å². The van der Waals surface area contributed by atoms with Gasteiger partial charge in [0.1, 0.15) is 0 Å². The summed E-state index contributed by atoms with van der Waals surface area (Å²) in [6.07, 6.45) is -2.94. The Morgan fingerprint density at radius 3 is 2.39 bits per heavy atom. The predicted molar refractivity (Wildman–Crippen MR) is 83.6 cm³/mol. The van der Waals surface area contributed by atoms with Crippen LogP contribution < -0.4 is 5.32 Å². The Morgan fingerprint density at radius 2 is 1.78 bits per heavy atom. The summed E-state index contributed by atoms with van der Waals surface area (Å²) in [7, 11) is 1.67. The van der Waals surface area contributed by atoms with Gasteiger partial charge in [0.15, 0.2) is 5.78 Å². The van der Waals surface area contributed by atoms with Crippen LogP contribution in [-0.4, -0.2) is 12.8 Å². The molecular weight excluding hydrogens is 303 g/mol.